The van der Waals surface area contributed by atoms with Crippen LogP contribution in [-0.4, -0.2) is 47.7 Å². The Labute approximate surface area is 122 Å². The molecule has 0 unspecified atom stereocenters. The maximum Gasteiger partial charge on any atom is 0.451 e. The Balaban J connectivity index is 2.78. The Morgan fingerprint density at radius 3 is 2.38 bits per heavy atom. The van der Waals surface area contributed by atoms with Crippen molar-refractivity contribution in [2.45, 2.75) is 26.9 Å². The predicted octanol–water partition coefficient (Wildman–Crippen LogP) is 2.65. The van der Waals surface area contributed by atoms with Gasteiger partial charge in [-0.25, -0.2) is 4.98 Å². The van der Waals surface area contributed by atoms with Crippen molar-refractivity contribution in [3.63, 3.8) is 0 Å². The van der Waals surface area contributed by atoms with E-state index in [0.717, 1.165) is 13.1 Å². The Hall–Kier alpha value is -1.57. The number of anilines is 1. The molecule has 0 aliphatic heterocycles. The molecule has 1 aromatic rings. The molecule has 1 aromatic heterocycles. The highest BCUT2D eigenvalue weighted by Gasteiger charge is 2.35. The van der Waals surface area contributed by atoms with Gasteiger partial charge in [0.15, 0.2) is 0 Å². The first-order valence-corrected chi connectivity index (χ1v) is 6.96. The molecule has 1 rings (SSSR count). The quantitative estimate of drug-likeness (QED) is 0.800. The molecule has 0 spiro atoms. The number of aromatic nitrogens is 2. The predicted molar refractivity (Wildman–Crippen MR) is 74.5 cm³/mol. The maximum absolute atomic E-state index is 12.7. The molecule has 21 heavy (non-hydrogen) atoms. The van der Waals surface area contributed by atoms with E-state index in [0.29, 0.717) is 13.1 Å². The second kappa shape index (κ2) is 8.02. The molecule has 0 aliphatic carbocycles. The van der Waals surface area contributed by atoms with E-state index in [1.807, 2.05) is 13.8 Å². The lowest BCUT2D eigenvalue weighted by Crippen LogP contribution is -2.28. The minimum atomic E-state index is -4.59. The van der Waals surface area contributed by atoms with Gasteiger partial charge < -0.3 is 15.0 Å². The van der Waals surface area contributed by atoms with Crippen LogP contribution in [0.1, 0.15) is 26.6 Å². The van der Waals surface area contributed by atoms with E-state index in [4.69, 9.17) is 4.74 Å². The van der Waals surface area contributed by atoms with Crippen LogP contribution in [0.5, 0.6) is 5.88 Å². The van der Waals surface area contributed by atoms with Crippen LogP contribution in [0.2, 0.25) is 0 Å². The number of alkyl halides is 3. The summed E-state index contributed by atoms with van der Waals surface area (Å²) in [6.45, 7) is 8.90. The highest BCUT2D eigenvalue weighted by molar-refractivity contribution is 5.38. The van der Waals surface area contributed by atoms with E-state index in [-0.39, 0.29) is 18.3 Å². The number of likely N-dealkylation sites (N-methyl/N-ethyl adjacent to an activating group) is 1. The highest BCUT2D eigenvalue weighted by atomic mass is 19.4. The molecule has 0 amide bonds. The fourth-order valence-corrected chi connectivity index (χ4v) is 1.72. The number of hydrogen-bond donors (Lipinski definition) is 1. The first-order chi connectivity index (χ1) is 9.90. The maximum atomic E-state index is 12.7. The van der Waals surface area contributed by atoms with Gasteiger partial charge in [-0.05, 0) is 20.0 Å². The van der Waals surface area contributed by atoms with Gasteiger partial charge in [-0.2, -0.15) is 18.2 Å². The molecule has 0 fully saturated rings. The minimum Gasteiger partial charge on any atom is -0.476 e. The van der Waals surface area contributed by atoms with Crippen molar-refractivity contribution < 1.29 is 17.9 Å². The van der Waals surface area contributed by atoms with Gasteiger partial charge >= 0.3 is 6.18 Å². The molecule has 1 heterocycles. The Morgan fingerprint density at radius 2 is 1.86 bits per heavy atom. The van der Waals surface area contributed by atoms with Crippen LogP contribution in [0.25, 0.3) is 0 Å². The molecule has 5 nitrogen and oxygen atoms in total. The lowest BCUT2D eigenvalue weighted by Gasteiger charge is -2.18. The molecule has 0 atom stereocenters. The third kappa shape index (κ3) is 5.74. The zero-order valence-electron chi connectivity index (χ0n) is 12.5. The smallest absolute Gasteiger partial charge is 0.451 e. The first-order valence-electron chi connectivity index (χ1n) is 6.96. The van der Waals surface area contributed by atoms with E-state index < -0.39 is 12.0 Å². The lowest BCUT2D eigenvalue weighted by atomic mass is 10.4. The molecule has 0 bridgehead atoms. The van der Waals surface area contributed by atoms with Crippen molar-refractivity contribution >= 4 is 5.82 Å². The number of nitrogens with zero attached hydrogens (tertiary/aromatic N) is 3. The number of nitrogens with one attached hydrogen (secondary N) is 1. The SMILES string of the molecule is CCNc1cc(OCCN(CC)CC)nc(C(F)(F)F)n1. The fourth-order valence-electron chi connectivity index (χ4n) is 1.72. The molecular formula is C13H21F3N4O. The fraction of sp³-hybridized carbons (Fsp3) is 0.692. The summed E-state index contributed by atoms with van der Waals surface area (Å²) >= 11 is 0. The van der Waals surface area contributed by atoms with Gasteiger partial charge in [0.2, 0.25) is 11.7 Å². The van der Waals surface area contributed by atoms with Crippen LogP contribution < -0.4 is 10.1 Å². The summed E-state index contributed by atoms with van der Waals surface area (Å²) in [5, 5.41) is 2.74. The minimum absolute atomic E-state index is 0.0690. The van der Waals surface area contributed by atoms with Gasteiger partial charge in [0.25, 0.3) is 0 Å². The van der Waals surface area contributed by atoms with Crippen LogP contribution >= 0.6 is 0 Å². The molecular weight excluding hydrogens is 285 g/mol. The first kappa shape index (κ1) is 17.5. The monoisotopic (exact) mass is 306 g/mol. The average Bonchev–Trinajstić information content (AvgIpc) is 2.43. The molecule has 0 saturated heterocycles. The third-order valence-electron chi connectivity index (χ3n) is 2.87. The zero-order valence-corrected chi connectivity index (χ0v) is 12.5. The Bertz CT molecular complexity index is 436. The lowest BCUT2D eigenvalue weighted by molar-refractivity contribution is -0.145. The van der Waals surface area contributed by atoms with Crippen LogP contribution in [0.3, 0.4) is 0 Å². The summed E-state index contributed by atoms with van der Waals surface area (Å²) in [7, 11) is 0. The van der Waals surface area contributed by atoms with E-state index in [1.165, 1.54) is 6.07 Å². The molecule has 0 radical (unpaired) electrons. The largest absolute Gasteiger partial charge is 0.476 e. The Morgan fingerprint density at radius 1 is 1.19 bits per heavy atom. The van der Waals surface area contributed by atoms with Crippen LogP contribution in [0, 0.1) is 0 Å². The van der Waals surface area contributed by atoms with Gasteiger partial charge in [0.1, 0.15) is 12.4 Å². The number of halogens is 3. The normalized spacial score (nSPS) is 11.8. The van der Waals surface area contributed by atoms with Gasteiger partial charge in [-0.3, -0.25) is 0 Å². The van der Waals surface area contributed by atoms with Crippen molar-refractivity contribution in [2.24, 2.45) is 0 Å². The summed E-state index contributed by atoms with van der Waals surface area (Å²) in [6.07, 6.45) is -4.59. The highest BCUT2D eigenvalue weighted by Crippen LogP contribution is 2.28. The van der Waals surface area contributed by atoms with Crippen molar-refractivity contribution in [3.05, 3.63) is 11.9 Å². The molecule has 0 saturated carbocycles. The van der Waals surface area contributed by atoms with E-state index in [9.17, 15) is 13.2 Å². The van der Waals surface area contributed by atoms with E-state index in [2.05, 4.69) is 20.2 Å². The Kier molecular flexibility index (Phi) is 6.67. The van der Waals surface area contributed by atoms with Gasteiger partial charge in [-0.15, -0.1) is 0 Å². The van der Waals surface area contributed by atoms with Crippen LogP contribution in [-0.2, 0) is 6.18 Å². The number of rotatable bonds is 8. The van der Waals surface area contributed by atoms with E-state index in [1.54, 1.807) is 6.92 Å². The summed E-state index contributed by atoms with van der Waals surface area (Å²) in [5.41, 5.74) is 0. The second-order valence-corrected chi connectivity index (χ2v) is 4.32. The molecule has 120 valence electrons. The summed E-state index contributed by atoms with van der Waals surface area (Å²) in [6, 6.07) is 1.38. The van der Waals surface area contributed by atoms with Crippen molar-refractivity contribution in [3.8, 4) is 5.88 Å². The van der Waals surface area contributed by atoms with Crippen LogP contribution in [0.4, 0.5) is 19.0 Å². The summed E-state index contributed by atoms with van der Waals surface area (Å²) in [4.78, 5) is 8.96. The van der Waals surface area contributed by atoms with Gasteiger partial charge in [-0.1, -0.05) is 13.8 Å². The summed E-state index contributed by atoms with van der Waals surface area (Å²) in [5.74, 6) is -1.16. The molecule has 0 aromatic carbocycles. The number of ether oxygens (including phenoxy) is 1. The van der Waals surface area contributed by atoms with E-state index >= 15 is 0 Å². The average molecular weight is 306 g/mol. The van der Waals surface area contributed by atoms with Crippen molar-refractivity contribution in [2.75, 3.05) is 38.1 Å². The number of hydrogen-bond acceptors (Lipinski definition) is 5. The molecule has 0 aliphatic rings. The topological polar surface area (TPSA) is 50.3 Å². The van der Waals surface area contributed by atoms with Gasteiger partial charge in [0.05, 0.1) is 0 Å². The molecule has 1 N–H and O–H groups in total. The van der Waals surface area contributed by atoms with Crippen LogP contribution in [0.15, 0.2) is 6.07 Å². The second-order valence-electron chi connectivity index (χ2n) is 4.32. The standard InChI is InChI=1S/C13H21F3N4O/c1-4-17-10-9-11(19-12(18-10)13(14,15)16)21-8-7-20(5-2)6-3/h9H,4-8H2,1-3H3,(H,17,18,19). The molecule has 8 heteroatoms. The third-order valence-corrected chi connectivity index (χ3v) is 2.87. The van der Waals surface area contributed by atoms with Crippen molar-refractivity contribution in [1.29, 1.82) is 0 Å². The van der Waals surface area contributed by atoms with Crippen molar-refractivity contribution in [1.82, 2.24) is 14.9 Å². The van der Waals surface area contributed by atoms with Gasteiger partial charge in [0, 0.05) is 19.2 Å². The summed E-state index contributed by atoms with van der Waals surface area (Å²) < 4.78 is 43.5. The zero-order chi connectivity index (χ0) is 15.9.